The third kappa shape index (κ3) is 3.79. The summed E-state index contributed by atoms with van der Waals surface area (Å²) in [6.45, 7) is 1.23. The highest BCUT2D eigenvalue weighted by Gasteiger charge is 2.25. The van der Waals surface area contributed by atoms with Crippen molar-refractivity contribution in [2.24, 2.45) is 0 Å². The highest BCUT2D eigenvalue weighted by Crippen LogP contribution is 2.20. The summed E-state index contributed by atoms with van der Waals surface area (Å²) in [5.41, 5.74) is 0.976. The van der Waals surface area contributed by atoms with E-state index in [1.165, 1.54) is 18.6 Å². The van der Waals surface area contributed by atoms with Crippen LogP contribution in [0.2, 0.25) is 0 Å². The van der Waals surface area contributed by atoms with E-state index in [4.69, 9.17) is 0 Å². The molecule has 2 heterocycles. The monoisotopic (exact) mass is 388 g/mol. The van der Waals surface area contributed by atoms with Crippen molar-refractivity contribution in [3.63, 3.8) is 0 Å². The molecule has 24 heavy (non-hydrogen) atoms. The van der Waals surface area contributed by atoms with Gasteiger partial charge >= 0.3 is 0 Å². The Labute approximate surface area is 148 Å². The first-order valence-corrected chi connectivity index (χ1v) is 8.55. The predicted octanol–water partition coefficient (Wildman–Crippen LogP) is 2.27. The van der Waals surface area contributed by atoms with Crippen molar-refractivity contribution < 1.29 is 9.59 Å². The van der Waals surface area contributed by atoms with E-state index < -0.39 is 0 Å². The Balaban J connectivity index is 1.55. The van der Waals surface area contributed by atoms with Gasteiger partial charge < -0.3 is 10.2 Å². The van der Waals surface area contributed by atoms with Crippen LogP contribution in [-0.4, -0.2) is 45.8 Å². The minimum absolute atomic E-state index is 0.0150. The van der Waals surface area contributed by atoms with Crippen LogP contribution in [0.15, 0.2) is 47.3 Å². The Morgan fingerprint density at radius 1 is 1.17 bits per heavy atom. The molecular weight excluding hydrogens is 372 g/mol. The van der Waals surface area contributed by atoms with Crippen LogP contribution < -0.4 is 5.32 Å². The Morgan fingerprint density at radius 3 is 2.58 bits per heavy atom. The maximum absolute atomic E-state index is 12.6. The van der Waals surface area contributed by atoms with Gasteiger partial charge in [-0.1, -0.05) is 12.1 Å². The van der Waals surface area contributed by atoms with E-state index in [1.807, 2.05) is 29.2 Å². The van der Waals surface area contributed by atoms with E-state index in [1.54, 1.807) is 0 Å². The zero-order valence-corrected chi connectivity index (χ0v) is 14.6. The third-order valence-corrected chi connectivity index (χ3v) is 4.71. The minimum Gasteiger partial charge on any atom is -0.348 e. The van der Waals surface area contributed by atoms with Crippen LogP contribution in [0.1, 0.15) is 33.7 Å². The summed E-state index contributed by atoms with van der Waals surface area (Å²) in [5.74, 6) is -0.208. The fourth-order valence-electron chi connectivity index (χ4n) is 2.71. The van der Waals surface area contributed by atoms with Crippen molar-refractivity contribution in [1.82, 2.24) is 20.2 Å². The van der Waals surface area contributed by atoms with E-state index in [0.717, 1.165) is 17.3 Å². The average Bonchev–Trinajstić information content (AvgIpc) is 2.63. The SMILES string of the molecule is O=C(NC1CCN(C(=O)c2ccccc2Br)CC1)c1cnccn1. The Hall–Kier alpha value is -2.28. The number of likely N-dealkylation sites (tertiary alicyclic amines) is 1. The molecule has 1 aromatic carbocycles. The summed E-state index contributed by atoms with van der Waals surface area (Å²) in [6, 6.07) is 7.46. The van der Waals surface area contributed by atoms with Gasteiger partial charge in [0, 0.05) is 36.0 Å². The number of aromatic nitrogens is 2. The molecule has 2 amide bonds. The normalized spacial score (nSPS) is 15.1. The molecule has 0 radical (unpaired) electrons. The molecule has 0 saturated carbocycles. The maximum atomic E-state index is 12.6. The largest absolute Gasteiger partial charge is 0.348 e. The Bertz CT molecular complexity index is 730. The number of hydrogen-bond acceptors (Lipinski definition) is 4. The highest BCUT2D eigenvalue weighted by molar-refractivity contribution is 9.10. The van der Waals surface area contributed by atoms with Gasteiger partial charge in [-0.3, -0.25) is 14.6 Å². The van der Waals surface area contributed by atoms with Crippen LogP contribution in [0.5, 0.6) is 0 Å². The Kier molecular flexibility index (Phi) is 5.20. The van der Waals surface area contributed by atoms with Crippen molar-refractivity contribution in [1.29, 1.82) is 0 Å². The number of rotatable bonds is 3. The molecule has 1 saturated heterocycles. The van der Waals surface area contributed by atoms with Gasteiger partial charge in [-0.15, -0.1) is 0 Å². The summed E-state index contributed by atoms with van der Waals surface area (Å²) in [7, 11) is 0. The zero-order valence-electron chi connectivity index (χ0n) is 13.0. The second-order valence-corrected chi connectivity index (χ2v) is 6.46. The van der Waals surface area contributed by atoms with Crippen molar-refractivity contribution in [3.8, 4) is 0 Å². The van der Waals surface area contributed by atoms with Crippen molar-refractivity contribution in [2.75, 3.05) is 13.1 Å². The third-order valence-electron chi connectivity index (χ3n) is 4.02. The number of halogens is 1. The van der Waals surface area contributed by atoms with Crippen LogP contribution in [0.3, 0.4) is 0 Å². The fourth-order valence-corrected chi connectivity index (χ4v) is 3.16. The topological polar surface area (TPSA) is 75.2 Å². The van der Waals surface area contributed by atoms with E-state index in [-0.39, 0.29) is 17.9 Å². The number of carbonyl (C=O) groups excluding carboxylic acids is 2. The number of hydrogen-bond donors (Lipinski definition) is 1. The molecule has 1 aromatic heterocycles. The zero-order chi connectivity index (χ0) is 16.9. The molecule has 3 rings (SSSR count). The lowest BCUT2D eigenvalue weighted by atomic mass is 10.0. The number of benzene rings is 1. The average molecular weight is 389 g/mol. The molecule has 1 fully saturated rings. The molecule has 0 unspecified atom stereocenters. The maximum Gasteiger partial charge on any atom is 0.271 e. The van der Waals surface area contributed by atoms with Gasteiger partial charge in [-0.05, 0) is 40.9 Å². The number of piperidine rings is 1. The number of nitrogens with zero attached hydrogens (tertiary/aromatic N) is 3. The smallest absolute Gasteiger partial charge is 0.271 e. The standard InChI is InChI=1S/C17H17BrN4O2/c18-14-4-2-1-3-13(14)17(24)22-9-5-12(6-10-22)21-16(23)15-11-19-7-8-20-15/h1-4,7-8,11-12H,5-6,9-10H2,(H,21,23). The molecule has 0 spiro atoms. The summed E-state index contributed by atoms with van der Waals surface area (Å²) in [6.07, 6.45) is 5.92. The van der Waals surface area contributed by atoms with Gasteiger partial charge in [0.2, 0.25) is 0 Å². The lowest BCUT2D eigenvalue weighted by Crippen LogP contribution is -2.46. The van der Waals surface area contributed by atoms with Crippen molar-refractivity contribution in [2.45, 2.75) is 18.9 Å². The molecule has 1 aliphatic rings. The van der Waals surface area contributed by atoms with Gasteiger partial charge in [0.05, 0.1) is 11.8 Å². The number of carbonyl (C=O) groups is 2. The van der Waals surface area contributed by atoms with E-state index >= 15 is 0 Å². The summed E-state index contributed by atoms with van der Waals surface area (Å²) in [5, 5.41) is 2.96. The van der Waals surface area contributed by atoms with Gasteiger partial charge in [0.15, 0.2) is 0 Å². The summed E-state index contributed by atoms with van der Waals surface area (Å²) >= 11 is 3.42. The predicted molar refractivity (Wildman–Crippen MR) is 92.6 cm³/mol. The van der Waals surface area contributed by atoms with Crippen LogP contribution in [0, 0.1) is 0 Å². The first kappa shape index (κ1) is 16.6. The second-order valence-electron chi connectivity index (χ2n) is 5.61. The van der Waals surface area contributed by atoms with Crippen LogP contribution in [-0.2, 0) is 0 Å². The first-order valence-electron chi connectivity index (χ1n) is 7.76. The molecule has 124 valence electrons. The lowest BCUT2D eigenvalue weighted by Gasteiger charge is -2.32. The quantitative estimate of drug-likeness (QED) is 0.874. The highest BCUT2D eigenvalue weighted by atomic mass is 79.9. The molecule has 0 atom stereocenters. The fraction of sp³-hybridized carbons (Fsp3) is 0.294. The van der Waals surface area contributed by atoms with Crippen LogP contribution in [0.25, 0.3) is 0 Å². The van der Waals surface area contributed by atoms with E-state index in [0.29, 0.717) is 24.3 Å². The molecule has 0 bridgehead atoms. The molecule has 1 N–H and O–H groups in total. The molecule has 0 aliphatic carbocycles. The van der Waals surface area contributed by atoms with Gasteiger partial charge in [0.1, 0.15) is 5.69 Å². The van der Waals surface area contributed by atoms with Crippen molar-refractivity contribution in [3.05, 3.63) is 58.6 Å². The summed E-state index contributed by atoms with van der Waals surface area (Å²) in [4.78, 5) is 34.4. The molecular formula is C17H17BrN4O2. The molecule has 1 aliphatic heterocycles. The van der Waals surface area contributed by atoms with Crippen molar-refractivity contribution >= 4 is 27.7 Å². The van der Waals surface area contributed by atoms with Gasteiger partial charge in [-0.2, -0.15) is 0 Å². The minimum atomic E-state index is -0.223. The molecule has 7 heteroatoms. The van der Waals surface area contributed by atoms with E-state index in [9.17, 15) is 9.59 Å². The van der Waals surface area contributed by atoms with Crippen LogP contribution in [0.4, 0.5) is 0 Å². The summed E-state index contributed by atoms with van der Waals surface area (Å²) < 4.78 is 0.799. The number of amides is 2. The van der Waals surface area contributed by atoms with Crippen LogP contribution >= 0.6 is 15.9 Å². The first-order chi connectivity index (χ1) is 11.6. The molecule has 2 aromatic rings. The second kappa shape index (κ2) is 7.53. The lowest BCUT2D eigenvalue weighted by molar-refractivity contribution is 0.0697. The van der Waals surface area contributed by atoms with Gasteiger partial charge in [0.25, 0.3) is 11.8 Å². The Morgan fingerprint density at radius 2 is 1.92 bits per heavy atom. The van der Waals surface area contributed by atoms with Gasteiger partial charge in [-0.25, -0.2) is 4.98 Å². The number of nitrogens with one attached hydrogen (secondary N) is 1. The molecule has 6 nitrogen and oxygen atoms in total. The van der Waals surface area contributed by atoms with E-state index in [2.05, 4.69) is 31.2 Å².